The zero-order valence-corrected chi connectivity index (χ0v) is 10.8. The summed E-state index contributed by atoms with van der Waals surface area (Å²) in [5.74, 6) is 0.880. The number of halogens is 1. The lowest BCUT2D eigenvalue weighted by Gasteiger charge is -2.15. The van der Waals surface area contributed by atoms with Crippen LogP contribution in [0.4, 0.5) is 0 Å². The predicted molar refractivity (Wildman–Crippen MR) is 66.3 cm³/mol. The average Bonchev–Trinajstić information content (AvgIpc) is 2.69. The Morgan fingerprint density at radius 3 is 2.75 bits per heavy atom. The van der Waals surface area contributed by atoms with Gasteiger partial charge >= 0.3 is 0 Å². The highest BCUT2D eigenvalue weighted by atomic mass is 79.9. The molecule has 4 heteroatoms. The van der Waals surface area contributed by atoms with Crippen LogP contribution in [0.5, 0.6) is 0 Å². The third-order valence-corrected chi connectivity index (χ3v) is 2.98. The smallest absolute Gasteiger partial charge is 0.169 e. The number of aryl methyl sites for hydroxylation is 1. The lowest BCUT2D eigenvalue weighted by Crippen LogP contribution is -2.18. The first-order valence-corrected chi connectivity index (χ1v) is 5.84. The molecule has 0 saturated carbocycles. The Kier molecular flexibility index (Phi) is 3.41. The summed E-state index contributed by atoms with van der Waals surface area (Å²) in [5, 5.41) is 3.23. The maximum absolute atomic E-state index is 5.57. The third-order valence-electron chi connectivity index (χ3n) is 2.56. The Morgan fingerprint density at radius 2 is 2.19 bits per heavy atom. The van der Waals surface area contributed by atoms with Gasteiger partial charge in [-0.3, -0.25) is 4.98 Å². The van der Waals surface area contributed by atoms with E-state index in [9.17, 15) is 0 Å². The number of nitrogens with one attached hydrogen (secondary N) is 1. The lowest BCUT2D eigenvalue weighted by molar-refractivity contribution is 0.446. The van der Waals surface area contributed by atoms with Gasteiger partial charge in [-0.05, 0) is 59.2 Å². The van der Waals surface area contributed by atoms with Gasteiger partial charge in [-0.2, -0.15) is 0 Å². The second-order valence-corrected chi connectivity index (χ2v) is 4.38. The van der Waals surface area contributed by atoms with Gasteiger partial charge in [-0.25, -0.2) is 0 Å². The van der Waals surface area contributed by atoms with Crippen LogP contribution >= 0.6 is 15.9 Å². The van der Waals surface area contributed by atoms with Crippen LogP contribution < -0.4 is 5.32 Å². The highest BCUT2D eigenvalue weighted by Crippen LogP contribution is 2.27. The van der Waals surface area contributed by atoms with Gasteiger partial charge in [0.15, 0.2) is 4.67 Å². The second-order valence-electron chi connectivity index (χ2n) is 3.60. The molecule has 0 aliphatic rings. The number of furan rings is 1. The quantitative estimate of drug-likeness (QED) is 0.939. The minimum absolute atomic E-state index is 0.0417. The van der Waals surface area contributed by atoms with E-state index in [2.05, 4.69) is 33.2 Å². The molecule has 84 valence electrons. The number of aromatic nitrogens is 1. The summed E-state index contributed by atoms with van der Waals surface area (Å²) in [4.78, 5) is 4.15. The molecule has 0 fully saturated rings. The first-order valence-electron chi connectivity index (χ1n) is 5.05. The Morgan fingerprint density at radius 1 is 1.38 bits per heavy atom. The monoisotopic (exact) mass is 280 g/mol. The van der Waals surface area contributed by atoms with Gasteiger partial charge in [-0.15, -0.1) is 0 Å². The van der Waals surface area contributed by atoms with Crippen molar-refractivity contribution in [2.45, 2.75) is 13.0 Å². The fourth-order valence-corrected chi connectivity index (χ4v) is 2.03. The van der Waals surface area contributed by atoms with E-state index in [1.807, 2.05) is 31.4 Å². The third kappa shape index (κ3) is 2.18. The Bertz CT molecular complexity index is 481. The molecule has 0 spiro atoms. The summed E-state index contributed by atoms with van der Waals surface area (Å²) >= 11 is 3.31. The van der Waals surface area contributed by atoms with Gasteiger partial charge in [0, 0.05) is 12.4 Å². The molecule has 0 bridgehead atoms. The standard InChI is InChI=1S/C12H13BrN2O/c1-8-5-6-15-7-9(8)12(14-2)10-3-4-11(13)16-10/h3-7,12,14H,1-2H3. The molecule has 0 amide bonds. The molecular formula is C12H13BrN2O. The van der Waals surface area contributed by atoms with Gasteiger partial charge in [0.2, 0.25) is 0 Å². The molecule has 0 aliphatic heterocycles. The van der Waals surface area contributed by atoms with Crippen molar-refractivity contribution < 1.29 is 4.42 Å². The Hall–Kier alpha value is -1.13. The largest absolute Gasteiger partial charge is 0.452 e. The van der Waals surface area contributed by atoms with E-state index in [1.165, 1.54) is 5.56 Å². The first kappa shape index (κ1) is 11.4. The zero-order chi connectivity index (χ0) is 11.5. The SMILES string of the molecule is CNC(c1ccc(Br)o1)c1cnccc1C. The molecule has 2 aromatic rings. The van der Waals surface area contributed by atoms with Gasteiger partial charge in [0.05, 0.1) is 6.04 Å². The summed E-state index contributed by atoms with van der Waals surface area (Å²) in [5.41, 5.74) is 2.33. The van der Waals surface area contributed by atoms with Crippen molar-refractivity contribution in [2.24, 2.45) is 0 Å². The van der Waals surface area contributed by atoms with Crippen LogP contribution in [0.15, 0.2) is 39.7 Å². The Labute approximate surface area is 103 Å². The van der Waals surface area contributed by atoms with E-state index in [-0.39, 0.29) is 6.04 Å². The lowest BCUT2D eigenvalue weighted by atomic mass is 10.0. The van der Waals surface area contributed by atoms with E-state index >= 15 is 0 Å². The first-order chi connectivity index (χ1) is 7.72. The van der Waals surface area contributed by atoms with Crippen LogP contribution in [0.2, 0.25) is 0 Å². The van der Waals surface area contributed by atoms with E-state index in [4.69, 9.17) is 4.42 Å². The minimum atomic E-state index is 0.0417. The topological polar surface area (TPSA) is 38.1 Å². The van der Waals surface area contributed by atoms with Crippen LogP contribution in [0.3, 0.4) is 0 Å². The summed E-state index contributed by atoms with van der Waals surface area (Å²) in [6.07, 6.45) is 3.66. The van der Waals surface area contributed by atoms with Gasteiger partial charge in [0.25, 0.3) is 0 Å². The molecule has 1 N–H and O–H groups in total. The maximum atomic E-state index is 5.57. The molecule has 0 aromatic carbocycles. The highest BCUT2D eigenvalue weighted by Gasteiger charge is 2.17. The van der Waals surface area contributed by atoms with E-state index in [0.717, 1.165) is 16.0 Å². The molecule has 2 aromatic heterocycles. The molecule has 2 rings (SSSR count). The van der Waals surface area contributed by atoms with Crippen molar-refractivity contribution in [3.05, 3.63) is 52.1 Å². The van der Waals surface area contributed by atoms with Gasteiger partial charge in [0.1, 0.15) is 5.76 Å². The molecule has 2 heterocycles. The molecule has 0 saturated heterocycles. The van der Waals surface area contributed by atoms with Gasteiger partial charge in [-0.1, -0.05) is 0 Å². The van der Waals surface area contributed by atoms with Crippen LogP contribution in [-0.2, 0) is 0 Å². The molecule has 3 nitrogen and oxygen atoms in total. The second kappa shape index (κ2) is 4.80. The van der Waals surface area contributed by atoms with Crippen molar-refractivity contribution in [1.29, 1.82) is 0 Å². The van der Waals surface area contributed by atoms with Crippen molar-refractivity contribution in [3.63, 3.8) is 0 Å². The molecular weight excluding hydrogens is 268 g/mol. The molecule has 16 heavy (non-hydrogen) atoms. The Balaban J connectivity index is 2.40. The van der Waals surface area contributed by atoms with Crippen molar-refractivity contribution in [3.8, 4) is 0 Å². The van der Waals surface area contributed by atoms with Crippen LogP contribution in [0.25, 0.3) is 0 Å². The van der Waals surface area contributed by atoms with Crippen molar-refractivity contribution in [1.82, 2.24) is 10.3 Å². The van der Waals surface area contributed by atoms with E-state index < -0.39 is 0 Å². The summed E-state index contributed by atoms with van der Waals surface area (Å²) in [6.45, 7) is 2.07. The van der Waals surface area contributed by atoms with Crippen LogP contribution in [-0.4, -0.2) is 12.0 Å². The van der Waals surface area contributed by atoms with Crippen LogP contribution in [0.1, 0.15) is 22.9 Å². The summed E-state index contributed by atoms with van der Waals surface area (Å²) in [7, 11) is 1.91. The average molecular weight is 281 g/mol. The number of pyridine rings is 1. The normalized spacial score (nSPS) is 12.7. The van der Waals surface area contributed by atoms with Crippen molar-refractivity contribution in [2.75, 3.05) is 7.05 Å². The van der Waals surface area contributed by atoms with Gasteiger partial charge < -0.3 is 9.73 Å². The number of hydrogen-bond acceptors (Lipinski definition) is 3. The van der Waals surface area contributed by atoms with Crippen LogP contribution in [0, 0.1) is 6.92 Å². The number of rotatable bonds is 3. The summed E-state index contributed by atoms with van der Waals surface area (Å²) in [6, 6.07) is 5.89. The molecule has 1 unspecified atom stereocenters. The predicted octanol–water partition coefficient (Wildman–Crippen LogP) is 3.05. The summed E-state index contributed by atoms with van der Waals surface area (Å²) < 4.78 is 6.31. The molecule has 0 radical (unpaired) electrons. The zero-order valence-electron chi connectivity index (χ0n) is 9.20. The van der Waals surface area contributed by atoms with E-state index in [0.29, 0.717) is 0 Å². The maximum Gasteiger partial charge on any atom is 0.169 e. The fourth-order valence-electron chi connectivity index (χ4n) is 1.71. The van der Waals surface area contributed by atoms with E-state index in [1.54, 1.807) is 6.20 Å². The van der Waals surface area contributed by atoms with Crippen molar-refractivity contribution >= 4 is 15.9 Å². The minimum Gasteiger partial charge on any atom is -0.452 e. The molecule has 1 atom stereocenters. The highest BCUT2D eigenvalue weighted by molar-refractivity contribution is 9.10. The molecule has 0 aliphatic carbocycles. The fraction of sp³-hybridized carbons (Fsp3) is 0.250. The number of hydrogen-bond donors (Lipinski definition) is 1. The number of nitrogens with zero attached hydrogens (tertiary/aromatic N) is 1.